The van der Waals surface area contributed by atoms with Gasteiger partial charge in [-0.1, -0.05) is 53.7 Å². The molecule has 0 aromatic heterocycles. The van der Waals surface area contributed by atoms with E-state index in [2.05, 4.69) is 10.6 Å². The average molecular weight is 436 g/mol. The maximum Gasteiger partial charge on any atom is 0.267 e. The van der Waals surface area contributed by atoms with Gasteiger partial charge in [0, 0.05) is 21.7 Å². The zero-order valence-electron chi connectivity index (χ0n) is 16.1. The largest absolute Gasteiger partial charge is 0.495 e. The van der Waals surface area contributed by atoms with Gasteiger partial charge in [-0.05, 0) is 42.5 Å². The first kappa shape index (κ1) is 21.3. The molecule has 0 saturated carbocycles. The van der Waals surface area contributed by atoms with E-state index in [4.69, 9.17) is 16.3 Å². The van der Waals surface area contributed by atoms with Crippen LogP contribution in [-0.4, -0.2) is 13.0 Å². The molecule has 3 rings (SSSR count). The van der Waals surface area contributed by atoms with E-state index in [1.807, 2.05) is 54.6 Å². The van der Waals surface area contributed by atoms with Crippen molar-refractivity contribution >= 4 is 40.6 Å². The first-order valence-corrected chi connectivity index (χ1v) is 10.1. The Morgan fingerprint density at radius 3 is 2.53 bits per heavy atom. The van der Waals surface area contributed by atoms with Crippen LogP contribution in [0.3, 0.4) is 0 Å². The van der Waals surface area contributed by atoms with Crippen molar-refractivity contribution in [2.24, 2.45) is 0 Å². The molecule has 7 heteroatoms. The molecule has 5 nitrogen and oxygen atoms in total. The quantitative estimate of drug-likeness (QED) is 0.354. The summed E-state index contributed by atoms with van der Waals surface area (Å²) < 4.78 is 5.11. The van der Waals surface area contributed by atoms with E-state index in [1.54, 1.807) is 24.3 Å². The number of carbonyl (C=O) groups excluding carboxylic acids is 1. The highest BCUT2D eigenvalue weighted by Gasteiger charge is 2.12. The SMILES string of the molecule is COc1ccc(N/C=C(/C#N)C(=O)Nc2ccccc2Sc2ccccc2)cc1Cl. The molecule has 0 unspecified atom stereocenters. The van der Waals surface area contributed by atoms with Crippen LogP contribution >= 0.6 is 23.4 Å². The number of nitriles is 1. The Kier molecular flexibility index (Phi) is 7.39. The number of nitrogens with zero attached hydrogens (tertiary/aromatic N) is 1. The van der Waals surface area contributed by atoms with E-state index in [1.165, 1.54) is 25.1 Å². The lowest BCUT2D eigenvalue weighted by molar-refractivity contribution is -0.112. The molecule has 0 bridgehead atoms. The Balaban J connectivity index is 1.73. The number of anilines is 2. The molecule has 2 N–H and O–H groups in total. The second-order valence-corrected chi connectivity index (χ2v) is 7.55. The third-order valence-electron chi connectivity index (χ3n) is 4.01. The Morgan fingerprint density at radius 1 is 1.10 bits per heavy atom. The predicted octanol–water partition coefficient (Wildman–Crippen LogP) is 5.96. The van der Waals surface area contributed by atoms with E-state index in [9.17, 15) is 10.1 Å². The third kappa shape index (κ3) is 5.57. The lowest BCUT2D eigenvalue weighted by Gasteiger charge is -2.11. The van der Waals surface area contributed by atoms with Crippen LogP contribution in [0.5, 0.6) is 5.75 Å². The molecular formula is C23H18ClN3O2S. The van der Waals surface area contributed by atoms with E-state index in [-0.39, 0.29) is 5.57 Å². The number of ether oxygens (including phenoxy) is 1. The van der Waals surface area contributed by atoms with Gasteiger partial charge >= 0.3 is 0 Å². The second-order valence-electron chi connectivity index (χ2n) is 6.03. The van der Waals surface area contributed by atoms with Crippen LogP contribution in [-0.2, 0) is 4.79 Å². The first-order chi connectivity index (χ1) is 14.6. The fraction of sp³-hybridized carbons (Fsp3) is 0.0435. The molecule has 1 amide bonds. The number of amides is 1. The lowest BCUT2D eigenvalue weighted by Crippen LogP contribution is -2.15. The van der Waals surface area contributed by atoms with E-state index in [0.717, 1.165) is 9.79 Å². The van der Waals surface area contributed by atoms with Gasteiger partial charge in [-0.25, -0.2) is 0 Å². The number of para-hydroxylation sites is 1. The van der Waals surface area contributed by atoms with Gasteiger partial charge in [-0.3, -0.25) is 4.79 Å². The van der Waals surface area contributed by atoms with Crippen molar-refractivity contribution < 1.29 is 9.53 Å². The fourth-order valence-electron chi connectivity index (χ4n) is 2.52. The van der Waals surface area contributed by atoms with Gasteiger partial charge in [0.1, 0.15) is 17.4 Å². The van der Waals surface area contributed by atoms with Gasteiger partial charge in [0.25, 0.3) is 5.91 Å². The summed E-state index contributed by atoms with van der Waals surface area (Å²) in [7, 11) is 1.53. The highest BCUT2D eigenvalue weighted by Crippen LogP contribution is 2.33. The van der Waals surface area contributed by atoms with Crippen LogP contribution in [0.25, 0.3) is 0 Å². The Hall–Kier alpha value is -3.40. The minimum absolute atomic E-state index is 0.0681. The number of hydrogen-bond acceptors (Lipinski definition) is 5. The zero-order chi connectivity index (χ0) is 21.3. The number of rotatable bonds is 7. The summed E-state index contributed by atoms with van der Waals surface area (Å²) in [5.41, 5.74) is 1.19. The van der Waals surface area contributed by atoms with Crippen LogP contribution < -0.4 is 15.4 Å². The average Bonchev–Trinajstić information content (AvgIpc) is 2.76. The number of nitrogens with one attached hydrogen (secondary N) is 2. The second kappa shape index (κ2) is 10.4. The number of hydrogen-bond donors (Lipinski definition) is 2. The normalized spacial score (nSPS) is 10.8. The number of methoxy groups -OCH3 is 1. The summed E-state index contributed by atoms with van der Waals surface area (Å²) in [5.74, 6) is 0.0303. The van der Waals surface area contributed by atoms with Gasteiger partial charge in [0.05, 0.1) is 17.8 Å². The Labute approximate surface area is 184 Å². The Morgan fingerprint density at radius 2 is 1.83 bits per heavy atom. The molecule has 0 aliphatic rings. The number of carbonyl (C=O) groups is 1. The van der Waals surface area contributed by atoms with Crippen molar-refractivity contribution in [1.82, 2.24) is 0 Å². The smallest absolute Gasteiger partial charge is 0.267 e. The van der Waals surface area contributed by atoms with Crippen LogP contribution in [0.1, 0.15) is 0 Å². The van der Waals surface area contributed by atoms with Crippen molar-refractivity contribution in [2.75, 3.05) is 17.7 Å². The molecule has 3 aromatic rings. The first-order valence-electron chi connectivity index (χ1n) is 8.94. The predicted molar refractivity (Wildman–Crippen MR) is 121 cm³/mol. The molecular weight excluding hydrogens is 418 g/mol. The molecule has 150 valence electrons. The monoisotopic (exact) mass is 435 g/mol. The maximum atomic E-state index is 12.6. The summed E-state index contributed by atoms with van der Waals surface area (Å²) in [6, 6.07) is 24.3. The van der Waals surface area contributed by atoms with E-state index < -0.39 is 5.91 Å². The highest BCUT2D eigenvalue weighted by molar-refractivity contribution is 7.99. The van der Waals surface area contributed by atoms with Crippen molar-refractivity contribution in [1.29, 1.82) is 5.26 Å². The standard InChI is InChI=1S/C23H18ClN3O2S/c1-29-21-12-11-17(13-19(21)24)26-15-16(14-25)23(28)27-20-9-5-6-10-22(20)30-18-7-3-2-4-8-18/h2-13,15,26H,1H3,(H,27,28)/b16-15-. The topological polar surface area (TPSA) is 74.1 Å². The molecule has 0 fully saturated rings. The van der Waals surface area contributed by atoms with Crippen molar-refractivity contribution in [3.8, 4) is 11.8 Å². The molecule has 0 spiro atoms. The number of benzene rings is 3. The van der Waals surface area contributed by atoms with Crippen molar-refractivity contribution in [3.63, 3.8) is 0 Å². The molecule has 0 aliphatic heterocycles. The molecule has 0 aliphatic carbocycles. The van der Waals surface area contributed by atoms with E-state index in [0.29, 0.717) is 22.1 Å². The van der Waals surface area contributed by atoms with Gasteiger partial charge in [0.2, 0.25) is 0 Å². The lowest BCUT2D eigenvalue weighted by atomic mass is 10.2. The molecule has 0 radical (unpaired) electrons. The van der Waals surface area contributed by atoms with Crippen molar-refractivity contribution in [3.05, 3.63) is 89.6 Å². The van der Waals surface area contributed by atoms with Crippen LogP contribution in [0, 0.1) is 11.3 Å². The fourth-order valence-corrected chi connectivity index (χ4v) is 3.70. The summed E-state index contributed by atoms with van der Waals surface area (Å²) in [6.07, 6.45) is 1.35. The summed E-state index contributed by atoms with van der Waals surface area (Å²) >= 11 is 7.63. The van der Waals surface area contributed by atoms with E-state index >= 15 is 0 Å². The van der Waals surface area contributed by atoms with Gasteiger partial charge in [-0.15, -0.1) is 0 Å². The molecule has 3 aromatic carbocycles. The summed E-state index contributed by atoms with van der Waals surface area (Å²) in [6.45, 7) is 0. The molecule has 0 heterocycles. The minimum atomic E-state index is -0.509. The van der Waals surface area contributed by atoms with Gasteiger partial charge in [-0.2, -0.15) is 5.26 Å². The summed E-state index contributed by atoms with van der Waals surface area (Å²) in [4.78, 5) is 14.6. The zero-order valence-corrected chi connectivity index (χ0v) is 17.6. The third-order valence-corrected chi connectivity index (χ3v) is 5.39. The maximum absolute atomic E-state index is 12.6. The number of halogens is 1. The highest BCUT2D eigenvalue weighted by atomic mass is 35.5. The van der Waals surface area contributed by atoms with Crippen molar-refractivity contribution in [2.45, 2.75) is 9.79 Å². The molecule has 30 heavy (non-hydrogen) atoms. The van der Waals surface area contributed by atoms with Crippen LogP contribution in [0.2, 0.25) is 5.02 Å². The molecule has 0 saturated heterocycles. The van der Waals surface area contributed by atoms with Gasteiger partial charge in [0.15, 0.2) is 0 Å². The van der Waals surface area contributed by atoms with Crippen LogP contribution in [0.4, 0.5) is 11.4 Å². The van der Waals surface area contributed by atoms with Crippen LogP contribution in [0.15, 0.2) is 94.4 Å². The molecule has 0 atom stereocenters. The Bertz CT molecular complexity index is 1110. The summed E-state index contributed by atoms with van der Waals surface area (Å²) in [5, 5.41) is 15.6. The minimum Gasteiger partial charge on any atom is -0.495 e. The van der Waals surface area contributed by atoms with Gasteiger partial charge < -0.3 is 15.4 Å².